The number of nitrogens with zero attached hydrogens (tertiary/aromatic N) is 2. The number of carbonyl (C=O) groups is 2. The van der Waals surface area contributed by atoms with Crippen LogP contribution in [0.1, 0.15) is 12.5 Å². The van der Waals surface area contributed by atoms with Gasteiger partial charge in [-0.25, -0.2) is 13.5 Å². The van der Waals surface area contributed by atoms with Crippen LogP contribution in [0.25, 0.3) is 11.3 Å². The Bertz CT molecular complexity index is 1190. The van der Waals surface area contributed by atoms with Crippen LogP contribution in [0.4, 0.5) is 20.2 Å². The summed E-state index contributed by atoms with van der Waals surface area (Å²) in [5.41, 5.74) is 1.75. The van der Waals surface area contributed by atoms with Crippen molar-refractivity contribution in [3.05, 3.63) is 76.1 Å². The monoisotopic (exact) mass is 412 g/mol. The van der Waals surface area contributed by atoms with E-state index in [1.807, 2.05) is 6.92 Å². The number of amides is 2. The van der Waals surface area contributed by atoms with E-state index < -0.39 is 29.6 Å². The van der Waals surface area contributed by atoms with Gasteiger partial charge in [0.2, 0.25) is 11.8 Å². The summed E-state index contributed by atoms with van der Waals surface area (Å²) in [6.45, 7) is 2.77. The number of hydrogen-bond donors (Lipinski definition) is 2. The Morgan fingerprint density at radius 3 is 2.47 bits per heavy atom. The van der Waals surface area contributed by atoms with Crippen molar-refractivity contribution < 1.29 is 18.4 Å². The molecule has 0 saturated carbocycles. The summed E-state index contributed by atoms with van der Waals surface area (Å²) in [5.74, 6) is -2.62. The van der Waals surface area contributed by atoms with Crippen LogP contribution in [0, 0.1) is 18.6 Å². The van der Waals surface area contributed by atoms with Gasteiger partial charge >= 0.3 is 0 Å². The van der Waals surface area contributed by atoms with E-state index in [1.165, 1.54) is 19.1 Å². The van der Waals surface area contributed by atoms with Crippen LogP contribution in [0.5, 0.6) is 0 Å². The Hall–Kier alpha value is -3.88. The first kappa shape index (κ1) is 20.8. The molecule has 0 fully saturated rings. The Morgan fingerprint density at radius 2 is 1.77 bits per heavy atom. The minimum Gasteiger partial charge on any atom is -0.326 e. The number of hydrogen-bond acceptors (Lipinski definition) is 4. The quantitative estimate of drug-likeness (QED) is 0.674. The van der Waals surface area contributed by atoms with Crippen LogP contribution in [-0.4, -0.2) is 21.6 Å². The average molecular weight is 412 g/mol. The van der Waals surface area contributed by atoms with Crippen molar-refractivity contribution in [1.29, 1.82) is 0 Å². The Balaban J connectivity index is 1.84. The summed E-state index contributed by atoms with van der Waals surface area (Å²) in [6.07, 6.45) is 0. The lowest BCUT2D eigenvalue weighted by atomic mass is 10.1. The van der Waals surface area contributed by atoms with Crippen molar-refractivity contribution in [2.75, 3.05) is 10.6 Å². The van der Waals surface area contributed by atoms with Crippen molar-refractivity contribution >= 4 is 23.2 Å². The molecule has 9 heteroatoms. The van der Waals surface area contributed by atoms with Gasteiger partial charge in [-0.15, -0.1) is 0 Å². The number of nitrogens with one attached hydrogen (secondary N) is 2. The molecular formula is C21H18F2N4O3. The zero-order chi connectivity index (χ0) is 21.8. The molecule has 0 bridgehead atoms. The maximum absolute atomic E-state index is 13.7. The average Bonchev–Trinajstić information content (AvgIpc) is 2.67. The molecule has 2 N–H and O–H groups in total. The molecule has 0 spiro atoms. The first-order chi connectivity index (χ1) is 14.2. The molecule has 0 aliphatic heterocycles. The SMILES string of the molecule is CC(=O)Nc1cc(-c2ccc(=O)n(CC(=O)Nc3ccc(F)cc3F)n2)ccc1C. The number of anilines is 2. The third-order valence-electron chi connectivity index (χ3n) is 4.21. The van der Waals surface area contributed by atoms with Gasteiger partial charge in [0.15, 0.2) is 0 Å². The fourth-order valence-corrected chi connectivity index (χ4v) is 2.74. The predicted molar refractivity (Wildman–Crippen MR) is 108 cm³/mol. The fraction of sp³-hybridized carbons (Fsp3) is 0.143. The molecule has 0 aliphatic carbocycles. The molecule has 1 aromatic heterocycles. The van der Waals surface area contributed by atoms with Crippen LogP contribution in [0.15, 0.2) is 53.3 Å². The van der Waals surface area contributed by atoms with Crippen LogP contribution in [-0.2, 0) is 16.1 Å². The van der Waals surface area contributed by atoms with Gasteiger partial charge in [-0.05, 0) is 36.8 Å². The number of aryl methyl sites for hydroxylation is 1. The van der Waals surface area contributed by atoms with Crippen molar-refractivity contribution in [2.45, 2.75) is 20.4 Å². The molecular weight excluding hydrogens is 394 g/mol. The molecule has 3 rings (SSSR count). The molecule has 2 aromatic carbocycles. The summed E-state index contributed by atoms with van der Waals surface area (Å²) >= 11 is 0. The second-order valence-corrected chi connectivity index (χ2v) is 6.60. The molecule has 0 unspecified atom stereocenters. The molecule has 2 amide bonds. The second-order valence-electron chi connectivity index (χ2n) is 6.60. The number of benzene rings is 2. The predicted octanol–water partition coefficient (Wildman–Crippen LogP) is 3.09. The molecule has 0 atom stereocenters. The zero-order valence-electron chi connectivity index (χ0n) is 16.2. The molecule has 0 saturated heterocycles. The van der Waals surface area contributed by atoms with Gasteiger partial charge in [0.25, 0.3) is 5.56 Å². The van der Waals surface area contributed by atoms with Gasteiger partial charge in [0.1, 0.15) is 18.2 Å². The fourth-order valence-electron chi connectivity index (χ4n) is 2.74. The summed E-state index contributed by atoms with van der Waals surface area (Å²) in [5, 5.41) is 9.19. The van der Waals surface area contributed by atoms with E-state index in [0.717, 1.165) is 22.4 Å². The van der Waals surface area contributed by atoms with Crippen molar-refractivity contribution in [1.82, 2.24) is 9.78 Å². The minimum atomic E-state index is -0.928. The van der Waals surface area contributed by atoms with E-state index in [1.54, 1.807) is 18.2 Å². The maximum Gasteiger partial charge on any atom is 0.267 e. The van der Waals surface area contributed by atoms with Crippen LogP contribution >= 0.6 is 0 Å². The summed E-state index contributed by atoms with van der Waals surface area (Å²) in [4.78, 5) is 35.7. The zero-order valence-corrected chi connectivity index (χ0v) is 16.2. The van der Waals surface area contributed by atoms with Gasteiger partial charge in [0.05, 0.1) is 11.4 Å². The van der Waals surface area contributed by atoms with Gasteiger partial charge in [-0.2, -0.15) is 5.10 Å². The standard InChI is InChI=1S/C21H18F2N4O3/c1-12-3-4-14(9-19(12)24-13(2)28)17-7-8-21(30)27(26-17)11-20(29)25-18-6-5-15(22)10-16(18)23/h3-10H,11H2,1-2H3,(H,24,28)(H,25,29). The van der Waals surface area contributed by atoms with Crippen LogP contribution < -0.4 is 16.2 Å². The van der Waals surface area contributed by atoms with Crippen molar-refractivity contribution in [3.8, 4) is 11.3 Å². The first-order valence-electron chi connectivity index (χ1n) is 8.94. The molecule has 154 valence electrons. The lowest BCUT2D eigenvalue weighted by molar-refractivity contribution is -0.117. The highest BCUT2D eigenvalue weighted by atomic mass is 19.1. The lowest BCUT2D eigenvalue weighted by Crippen LogP contribution is -2.29. The molecule has 30 heavy (non-hydrogen) atoms. The van der Waals surface area contributed by atoms with Gasteiger partial charge in [0, 0.05) is 30.3 Å². The van der Waals surface area contributed by atoms with E-state index in [9.17, 15) is 23.2 Å². The van der Waals surface area contributed by atoms with E-state index >= 15 is 0 Å². The first-order valence-corrected chi connectivity index (χ1v) is 8.94. The number of rotatable bonds is 5. The topological polar surface area (TPSA) is 93.1 Å². The Kier molecular flexibility index (Phi) is 6.01. The maximum atomic E-state index is 13.7. The second kappa shape index (κ2) is 8.64. The Morgan fingerprint density at radius 1 is 1.00 bits per heavy atom. The highest BCUT2D eigenvalue weighted by Crippen LogP contribution is 2.23. The molecule has 0 radical (unpaired) electrons. The van der Waals surface area contributed by atoms with Crippen molar-refractivity contribution in [2.24, 2.45) is 0 Å². The number of halogens is 2. The molecule has 3 aromatic rings. The van der Waals surface area contributed by atoms with Gasteiger partial charge in [-0.3, -0.25) is 14.4 Å². The van der Waals surface area contributed by atoms with E-state index in [2.05, 4.69) is 15.7 Å². The third kappa shape index (κ3) is 4.93. The summed E-state index contributed by atoms with van der Waals surface area (Å²) in [6, 6.07) is 10.8. The molecule has 7 nitrogen and oxygen atoms in total. The number of carbonyl (C=O) groups excluding carboxylic acids is 2. The third-order valence-corrected chi connectivity index (χ3v) is 4.21. The van der Waals surface area contributed by atoms with E-state index in [4.69, 9.17) is 0 Å². The Labute approximate surface area is 170 Å². The summed E-state index contributed by atoms with van der Waals surface area (Å²) in [7, 11) is 0. The molecule has 1 heterocycles. The van der Waals surface area contributed by atoms with Gasteiger partial charge < -0.3 is 10.6 Å². The summed E-state index contributed by atoms with van der Waals surface area (Å²) < 4.78 is 27.6. The van der Waals surface area contributed by atoms with E-state index in [-0.39, 0.29) is 11.6 Å². The smallest absolute Gasteiger partial charge is 0.267 e. The number of aromatic nitrogens is 2. The largest absolute Gasteiger partial charge is 0.326 e. The lowest BCUT2D eigenvalue weighted by Gasteiger charge is -2.11. The van der Waals surface area contributed by atoms with Crippen LogP contribution in [0.3, 0.4) is 0 Å². The normalized spacial score (nSPS) is 10.5. The molecule has 0 aliphatic rings. The van der Waals surface area contributed by atoms with Gasteiger partial charge in [-0.1, -0.05) is 12.1 Å². The van der Waals surface area contributed by atoms with Crippen molar-refractivity contribution in [3.63, 3.8) is 0 Å². The highest BCUT2D eigenvalue weighted by Gasteiger charge is 2.12. The highest BCUT2D eigenvalue weighted by molar-refractivity contribution is 5.91. The minimum absolute atomic E-state index is 0.205. The van der Waals surface area contributed by atoms with Crippen LogP contribution in [0.2, 0.25) is 0 Å². The van der Waals surface area contributed by atoms with E-state index in [0.29, 0.717) is 23.0 Å².